The number of carboxylic acids is 1. The third kappa shape index (κ3) is 2.80. The number of rotatable bonds is 3. The summed E-state index contributed by atoms with van der Waals surface area (Å²) in [6.07, 6.45) is 0.503. The van der Waals surface area contributed by atoms with Crippen LogP contribution in [0.3, 0.4) is 0 Å². The molecule has 27 heavy (non-hydrogen) atoms. The number of methoxy groups -OCH3 is 1. The second-order valence-electron chi connectivity index (χ2n) is 6.70. The number of nitrogens with zero attached hydrogens (tertiary/aromatic N) is 1. The highest BCUT2D eigenvalue weighted by Gasteiger charge is 2.50. The fourth-order valence-electron chi connectivity index (χ4n) is 3.72. The molecule has 140 valence electrons. The summed E-state index contributed by atoms with van der Waals surface area (Å²) in [6, 6.07) is 9.37. The Kier molecular flexibility index (Phi) is 4.03. The van der Waals surface area contributed by atoms with Crippen LogP contribution >= 0.6 is 15.9 Å². The molecule has 2 atom stereocenters. The van der Waals surface area contributed by atoms with Gasteiger partial charge in [-0.15, -0.1) is 0 Å². The minimum absolute atomic E-state index is 0.101. The van der Waals surface area contributed by atoms with Gasteiger partial charge >= 0.3 is 12.0 Å². The van der Waals surface area contributed by atoms with Gasteiger partial charge < -0.3 is 19.9 Å². The van der Waals surface area contributed by atoms with Crippen LogP contribution in [-0.2, 0) is 0 Å². The zero-order valence-electron chi connectivity index (χ0n) is 14.7. The van der Waals surface area contributed by atoms with Gasteiger partial charge in [0.1, 0.15) is 0 Å². The summed E-state index contributed by atoms with van der Waals surface area (Å²) in [4.78, 5) is 25.7. The Bertz CT molecular complexity index is 963. The zero-order chi connectivity index (χ0) is 19.3. The van der Waals surface area contributed by atoms with Gasteiger partial charge in [0.05, 0.1) is 24.4 Å². The number of urea groups is 1. The summed E-state index contributed by atoms with van der Waals surface area (Å²) in [6.45, 7) is 1.82. The average Bonchev–Trinajstić information content (AvgIpc) is 2.61. The zero-order valence-corrected chi connectivity index (χ0v) is 16.2. The van der Waals surface area contributed by atoms with E-state index in [1.54, 1.807) is 25.3 Å². The predicted octanol–water partition coefficient (Wildman–Crippen LogP) is 3.93. The van der Waals surface area contributed by atoms with Gasteiger partial charge in [0.25, 0.3) is 0 Å². The van der Waals surface area contributed by atoms with Gasteiger partial charge in [-0.2, -0.15) is 0 Å². The molecule has 2 bridgehead atoms. The van der Waals surface area contributed by atoms with E-state index in [1.165, 1.54) is 17.0 Å². The number of ether oxygens (including phenoxy) is 2. The number of hydrogen-bond acceptors (Lipinski definition) is 4. The predicted molar refractivity (Wildman–Crippen MR) is 101 cm³/mol. The van der Waals surface area contributed by atoms with Crippen molar-refractivity contribution in [3.63, 3.8) is 0 Å². The lowest BCUT2D eigenvalue weighted by Crippen LogP contribution is -2.65. The Morgan fingerprint density at radius 1 is 1.41 bits per heavy atom. The minimum Gasteiger partial charge on any atom is -0.493 e. The summed E-state index contributed by atoms with van der Waals surface area (Å²) < 4.78 is 12.6. The van der Waals surface area contributed by atoms with Gasteiger partial charge in [-0.3, -0.25) is 4.90 Å². The van der Waals surface area contributed by atoms with Crippen molar-refractivity contribution in [2.75, 3.05) is 12.0 Å². The monoisotopic (exact) mass is 432 g/mol. The molecule has 2 aromatic carbocycles. The maximum absolute atomic E-state index is 12.9. The van der Waals surface area contributed by atoms with E-state index in [4.69, 9.17) is 9.47 Å². The lowest BCUT2D eigenvalue weighted by atomic mass is 9.89. The average molecular weight is 433 g/mol. The van der Waals surface area contributed by atoms with Crippen molar-refractivity contribution in [1.29, 1.82) is 0 Å². The van der Waals surface area contributed by atoms with E-state index in [9.17, 15) is 14.7 Å². The molecule has 2 aliphatic rings. The van der Waals surface area contributed by atoms with Gasteiger partial charge in [-0.05, 0) is 37.3 Å². The number of nitrogens with one attached hydrogen (secondary N) is 1. The molecule has 0 aliphatic carbocycles. The van der Waals surface area contributed by atoms with Crippen molar-refractivity contribution in [1.82, 2.24) is 5.32 Å². The number of benzene rings is 2. The van der Waals surface area contributed by atoms with Crippen LogP contribution in [0.4, 0.5) is 10.5 Å². The number of carbonyl (C=O) groups excluding carboxylic acids is 1. The number of anilines is 1. The Hall–Kier alpha value is -2.74. The molecule has 2 aromatic rings. The molecule has 0 saturated carbocycles. The molecule has 0 aromatic heterocycles. The van der Waals surface area contributed by atoms with Crippen LogP contribution in [0.15, 0.2) is 40.9 Å². The number of fused-ring (bicyclic) bond motifs is 4. The molecule has 0 spiro atoms. The van der Waals surface area contributed by atoms with Crippen molar-refractivity contribution in [3.05, 3.63) is 52.0 Å². The lowest BCUT2D eigenvalue weighted by Gasteiger charge is -2.50. The van der Waals surface area contributed by atoms with E-state index in [1.807, 2.05) is 13.0 Å². The molecular formula is C19H17BrN2O5. The fraction of sp³-hybridized carbons (Fsp3) is 0.263. The summed E-state index contributed by atoms with van der Waals surface area (Å²) in [5.74, 6) is 0.0725. The molecule has 0 unspecified atom stereocenters. The number of hydrogen-bond donors (Lipinski definition) is 2. The van der Waals surface area contributed by atoms with Crippen LogP contribution in [0.25, 0.3) is 0 Å². The van der Waals surface area contributed by atoms with Gasteiger partial charge in [-0.25, -0.2) is 9.59 Å². The number of carbonyl (C=O) groups is 2. The highest BCUT2D eigenvalue weighted by Crippen LogP contribution is 2.50. The normalized spacial score (nSPS) is 23.1. The standard InChI is InChI=1S/C19H17BrN2O5/c1-19-9-14(13-7-11(20)8-15(26-2)16(13)27-19)21-18(25)22(19)12-5-3-4-10(6-12)17(23)24/h3-8,14H,9H2,1-2H3,(H,21,25)(H,23,24)/t14-,19+/m1/s1. The molecular weight excluding hydrogens is 416 g/mol. The van der Waals surface area contributed by atoms with Crippen LogP contribution in [0.5, 0.6) is 11.5 Å². The maximum Gasteiger partial charge on any atom is 0.335 e. The highest BCUT2D eigenvalue weighted by atomic mass is 79.9. The van der Waals surface area contributed by atoms with Crippen molar-refractivity contribution in [2.45, 2.75) is 25.1 Å². The molecule has 7 nitrogen and oxygen atoms in total. The summed E-state index contributed by atoms with van der Waals surface area (Å²) in [5, 5.41) is 12.3. The molecule has 2 heterocycles. The van der Waals surface area contributed by atoms with Gasteiger partial charge in [0, 0.05) is 16.5 Å². The van der Waals surface area contributed by atoms with Crippen LogP contribution < -0.4 is 19.7 Å². The SMILES string of the molecule is COc1cc(Br)cc2c1O[C@@]1(C)C[C@H]2NC(=O)N1c1cccc(C(=O)O)c1. The summed E-state index contributed by atoms with van der Waals surface area (Å²) >= 11 is 3.46. The lowest BCUT2D eigenvalue weighted by molar-refractivity contribution is 0.0348. The van der Waals surface area contributed by atoms with E-state index >= 15 is 0 Å². The fourth-order valence-corrected chi connectivity index (χ4v) is 4.18. The van der Waals surface area contributed by atoms with Gasteiger partial charge in [0.15, 0.2) is 17.2 Å². The molecule has 2 N–H and O–H groups in total. The van der Waals surface area contributed by atoms with Crippen molar-refractivity contribution < 1.29 is 24.2 Å². The summed E-state index contributed by atoms with van der Waals surface area (Å²) in [5.41, 5.74) is 0.403. The highest BCUT2D eigenvalue weighted by molar-refractivity contribution is 9.10. The molecule has 4 rings (SSSR count). The molecule has 8 heteroatoms. The smallest absolute Gasteiger partial charge is 0.335 e. The first-order valence-corrected chi connectivity index (χ1v) is 9.12. The first kappa shape index (κ1) is 17.7. The van der Waals surface area contributed by atoms with Gasteiger partial charge in [0.2, 0.25) is 0 Å². The number of amides is 2. The van der Waals surface area contributed by atoms with Crippen molar-refractivity contribution >= 4 is 33.6 Å². The van der Waals surface area contributed by atoms with Crippen molar-refractivity contribution in [2.24, 2.45) is 0 Å². The molecule has 1 saturated heterocycles. The van der Waals surface area contributed by atoms with E-state index in [0.717, 1.165) is 10.0 Å². The van der Waals surface area contributed by atoms with E-state index in [0.29, 0.717) is 23.6 Å². The van der Waals surface area contributed by atoms with Gasteiger partial charge in [-0.1, -0.05) is 22.0 Å². The number of halogens is 1. The Labute approximate surface area is 164 Å². The van der Waals surface area contributed by atoms with E-state index in [-0.39, 0.29) is 17.6 Å². The third-order valence-electron chi connectivity index (χ3n) is 4.87. The van der Waals surface area contributed by atoms with Crippen LogP contribution in [0.1, 0.15) is 35.3 Å². The maximum atomic E-state index is 12.9. The van der Waals surface area contributed by atoms with Crippen LogP contribution in [0, 0.1) is 0 Å². The molecule has 2 aliphatic heterocycles. The first-order chi connectivity index (χ1) is 12.8. The second-order valence-corrected chi connectivity index (χ2v) is 7.62. The largest absolute Gasteiger partial charge is 0.493 e. The Morgan fingerprint density at radius 3 is 2.89 bits per heavy atom. The Balaban J connectivity index is 1.82. The Morgan fingerprint density at radius 2 is 2.19 bits per heavy atom. The van der Waals surface area contributed by atoms with Crippen LogP contribution in [0.2, 0.25) is 0 Å². The van der Waals surface area contributed by atoms with E-state index in [2.05, 4.69) is 21.2 Å². The minimum atomic E-state index is -1.06. The second kappa shape index (κ2) is 6.16. The first-order valence-electron chi connectivity index (χ1n) is 8.33. The molecule has 0 radical (unpaired) electrons. The van der Waals surface area contributed by atoms with Crippen molar-refractivity contribution in [3.8, 4) is 11.5 Å². The topological polar surface area (TPSA) is 88.1 Å². The van der Waals surface area contributed by atoms with Crippen LogP contribution in [-0.4, -0.2) is 29.9 Å². The third-order valence-corrected chi connectivity index (χ3v) is 5.33. The molecule has 1 fully saturated rings. The molecule has 2 amide bonds. The number of aromatic carboxylic acids is 1. The quantitative estimate of drug-likeness (QED) is 0.766. The number of carboxylic acid groups (broad SMARTS) is 1. The summed E-state index contributed by atoms with van der Waals surface area (Å²) in [7, 11) is 1.56. The van der Waals surface area contributed by atoms with E-state index < -0.39 is 11.7 Å².